The van der Waals surface area contributed by atoms with E-state index in [0.717, 1.165) is 37.2 Å². The first-order chi connectivity index (χ1) is 15.9. The molecule has 1 amide bonds. The molecule has 0 unspecified atom stereocenters. The number of benzene rings is 2. The van der Waals surface area contributed by atoms with E-state index in [9.17, 15) is 13.2 Å². The summed E-state index contributed by atoms with van der Waals surface area (Å²) in [4.78, 5) is 15.4. The Morgan fingerprint density at radius 2 is 1.70 bits per heavy atom. The first kappa shape index (κ1) is 23.7. The zero-order valence-corrected chi connectivity index (χ0v) is 20.0. The zero-order chi connectivity index (χ0) is 23.3. The number of carbonyl (C=O) groups is 1. The van der Waals surface area contributed by atoms with Gasteiger partial charge in [-0.3, -0.25) is 4.79 Å². The van der Waals surface area contributed by atoms with Crippen LogP contribution in [0.1, 0.15) is 44.1 Å². The van der Waals surface area contributed by atoms with E-state index in [2.05, 4.69) is 10.2 Å². The molecule has 2 aliphatic rings. The average molecular weight is 472 g/mol. The fourth-order valence-corrected chi connectivity index (χ4v) is 5.94. The Balaban J connectivity index is 1.58. The van der Waals surface area contributed by atoms with Crippen molar-refractivity contribution in [3.8, 4) is 0 Å². The fourth-order valence-electron chi connectivity index (χ4n) is 4.50. The van der Waals surface area contributed by atoms with Gasteiger partial charge in [-0.2, -0.15) is 4.31 Å². The van der Waals surface area contributed by atoms with Gasteiger partial charge < -0.3 is 15.0 Å². The first-order valence-corrected chi connectivity index (χ1v) is 13.2. The Labute approximate surface area is 196 Å². The Hall–Kier alpha value is -2.42. The van der Waals surface area contributed by atoms with Gasteiger partial charge in [0.2, 0.25) is 15.9 Å². The van der Waals surface area contributed by atoms with Gasteiger partial charge in [-0.05, 0) is 48.9 Å². The molecular formula is C25H33N3O4S. The van der Waals surface area contributed by atoms with Crippen molar-refractivity contribution in [3.05, 3.63) is 54.1 Å². The van der Waals surface area contributed by atoms with Crippen molar-refractivity contribution in [3.63, 3.8) is 0 Å². The molecule has 8 heteroatoms. The molecule has 0 radical (unpaired) electrons. The maximum atomic E-state index is 13.2. The molecule has 0 saturated carbocycles. The van der Waals surface area contributed by atoms with Gasteiger partial charge in [0.1, 0.15) is 0 Å². The maximum Gasteiger partial charge on any atom is 0.243 e. The lowest BCUT2D eigenvalue weighted by Gasteiger charge is -2.31. The Kier molecular flexibility index (Phi) is 7.67. The van der Waals surface area contributed by atoms with Crippen molar-refractivity contribution in [2.24, 2.45) is 0 Å². The number of nitrogens with zero attached hydrogens (tertiary/aromatic N) is 2. The van der Waals surface area contributed by atoms with E-state index in [-0.39, 0.29) is 16.7 Å². The van der Waals surface area contributed by atoms with Crippen molar-refractivity contribution < 1.29 is 17.9 Å². The van der Waals surface area contributed by atoms with Crippen LogP contribution in [0.25, 0.3) is 0 Å². The van der Waals surface area contributed by atoms with Crippen LogP contribution in [0.2, 0.25) is 0 Å². The van der Waals surface area contributed by atoms with Crippen LogP contribution in [0.15, 0.2) is 53.4 Å². The number of ether oxygens (including phenoxy) is 1. The topological polar surface area (TPSA) is 79.0 Å². The number of anilines is 2. The van der Waals surface area contributed by atoms with E-state index in [0.29, 0.717) is 38.4 Å². The summed E-state index contributed by atoms with van der Waals surface area (Å²) in [5.41, 5.74) is 2.56. The highest BCUT2D eigenvalue weighted by Gasteiger charge is 2.28. The summed E-state index contributed by atoms with van der Waals surface area (Å²) in [5.74, 6) is -0.0598. The molecule has 0 spiro atoms. The lowest BCUT2D eigenvalue weighted by molar-refractivity contribution is -0.116. The third-order valence-electron chi connectivity index (χ3n) is 6.41. The number of hydrogen-bond donors (Lipinski definition) is 1. The van der Waals surface area contributed by atoms with Crippen LogP contribution in [-0.4, -0.2) is 58.0 Å². The van der Waals surface area contributed by atoms with Gasteiger partial charge in [0.25, 0.3) is 0 Å². The second-order valence-corrected chi connectivity index (χ2v) is 10.7. The first-order valence-electron chi connectivity index (χ1n) is 11.8. The van der Waals surface area contributed by atoms with Gasteiger partial charge in [-0.25, -0.2) is 8.42 Å². The second kappa shape index (κ2) is 10.7. The summed E-state index contributed by atoms with van der Waals surface area (Å²) in [6.07, 6.45) is 3.69. The molecule has 2 saturated heterocycles. The van der Waals surface area contributed by atoms with Gasteiger partial charge in [0.15, 0.2) is 0 Å². The lowest BCUT2D eigenvalue weighted by atomic mass is 9.97. The average Bonchev–Trinajstić information content (AvgIpc) is 2.85. The number of hydrogen-bond acceptors (Lipinski definition) is 5. The van der Waals surface area contributed by atoms with Crippen molar-refractivity contribution in [1.82, 2.24) is 4.31 Å². The van der Waals surface area contributed by atoms with Gasteiger partial charge in [0, 0.05) is 32.6 Å². The minimum atomic E-state index is -3.65. The normalized spacial score (nSPS) is 18.6. The monoisotopic (exact) mass is 471 g/mol. The summed E-state index contributed by atoms with van der Waals surface area (Å²) in [5, 5.41) is 3.04. The highest BCUT2D eigenvalue weighted by atomic mass is 32.2. The smallest absolute Gasteiger partial charge is 0.243 e. The van der Waals surface area contributed by atoms with Crippen molar-refractivity contribution in [2.75, 3.05) is 49.6 Å². The second-order valence-electron chi connectivity index (χ2n) is 8.81. The number of morpholine rings is 1. The quantitative estimate of drug-likeness (QED) is 0.664. The Bertz CT molecular complexity index is 1050. The Morgan fingerprint density at radius 3 is 2.39 bits per heavy atom. The van der Waals surface area contributed by atoms with Crippen LogP contribution in [0, 0.1) is 0 Å². The van der Waals surface area contributed by atoms with E-state index < -0.39 is 10.0 Å². The van der Waals surface area contributed by atoms with Crippen LogP contribution in [0.5, 0.6) is 0 Å². The minimum Gasteiger partial charge on any atom is -0.379 e. The highest BCUT2D eigenvalue weighted by molar-refractivity contribution is 7.89. The molecule has 4 rings (SSSR count). The van der Waals surface area contributed by atoms with E-state index in [1.165, 1.54) is 10.7 Å². The van der Waals surface area contributed by atoms with Crippen LogP contribution in [0.4, 0.5) is 11.4 Å². The number of carbonyl (C=O) groups excluding carboxylic acids is 1. The molecule has 1 N–H and O–H groups in total. The summed E-state index contributed by atoms with van der Waals surface area (Å²) in [7, 11) is -3.65. The summed E-state index contributed by atoms with van der Waals surface area (Å²) >= 11 is 0. The zero-order valence-electron chi connectivity index (χ0n) is 19.2. The molecule has 0 aliphatic carbocycles. The van der Waals surface area contributed by atoms with Crippen molar-refractivity contribution in [2.45, 2.75) is 43.4 Å². The molecule has 2 heterocycles. The predicted octanol–water partition coefficient (Wildman–Crippen LogP) is 3.83. The molecule has 2 aromatic rings. The van der Waals surface area contributed by atoms with Gasteiger partial charge >= 0.3 is 0 Å². The molecule has 2 fully saturated rings. The minimum absolute atomic E-state index is 0.0601. The third-order valence-corrected chi connectivity index (χ3v) is 8.30. The molecule has 2 aromatic carbocycles. The molecular weight excluding hydrogens is 438 g/mol. The molecule has 7 nitrogen and oxygen atoms in total. The van der Waals surface area contributed by atoms with Gasteiger partial charge in [-0.1, -0.05) is 37.3 Å². The lowest BCUT2D eigenvalue weighted by Crippen LogP contribution is -2.40. The molecule has 2 aliphatic heterocycles. The SMILES string of the molecule is C[C@@H](CC(=O)Nc1cc(S(=O)(=O)N2CCOCC2)ccc1N1CCCCC1)c1ccccc1. The summed E-state index contributed by atoms with van der Waals surface area (Å²) < 4.78 is 33.2. The number of amides is 1. The Morgan fingerprint density at radius 1 is 1.00 bits per heavy atom. The molecule has 1 atom stereocenters. The maximum absolute atomic E-state index is 13.2. The summed E-state index contributed by atoms with van der Waals surface area (Å²) in [6.45, 7) is 5.30. The predicted molar refractivity (Wildman–Crippen MR) is 130 cm³/mol. The molecule has 0 aromatic heterocycles. The fraction of sp³-hybridized carbons (Fsp3) is 0.480. The largest absolute Gasteiger partial charge is 0.379 e. The van der Waals surface area contributed by atoms with E-state index in [1.54, 1.807) is 12.1 Å². The van der Waals surface area contributed by atoms with E-state index in [1.807, 2.05) is 43.3 Å². The standard InChI is InChI=1S/C25H33N3O4S/c1-20(21-8-4-2-5-9-21)18-25(29)26-23-19-22(33(30,31)28-14-16-32-17-15-28)10-11-24(23)27-12-6-3-7-13-27/h2,4-5,8-11,19-20H,3,6-7,12-18H2,1H3,(H,26,29)/t20-/m0/s1. The number of nitrogens with one attached hydrogen (secondary N) is 1. The van der Waals surface area contributed by atoms with Crippen LogP contribution < -0.4 is 10.2 Å². The van der Waals surface area contributed by atoms with E-state index >= 15 is 0 Å². The highest BCUT2D eigenvalue weighted by Crippen LogP contribution is 2.33. The number of piperidine rings is 1. The van der Waals surface area contributed by atoms with E-state index in [4.69, 9.17) is 4.74 Å². The summed E-state index contributed by atoms with van der Waals surface area (Å²) in [6, 6.07) is 15.1. The molecule has 33 heavy (non-hydrogen) atoms. The molecule has 0 bridgehead atoms. The van der Waals surface area contributed by atoms with Crippen LogP contribution >= 0.6 is 0 Å². The van der Waals surface area contributed by atoms with Crippen molar-refractivity contribution in [1.29, 1.82) is 0 Å². The molecule has 178 valence electrons. The van der Waals surface area contributed by atoms with Gasteiger partial charge in [0.05, 0.1) is 29.5 Å². The third kappa shape index (κ3) is 5.75. The van der Waals surface area contributed by atoms with Crippen LogP contribution in [0.3, 0.4) is 0 Å². The number of rotatable bonds is 7. The number of sulfonamides is 1. The van der Waals surface area contributed by atoms with Crippen LogP contribution in [-0.2, 0) is 19.6 Å². The van der Waals surface area contributed by atoms with Gasteiger partial charge in [-0.15, -0.1) is 0 Å². The van der Waals surface area contributed by atoms with Crippen molar-refractivity contribution >= 4 is 27.3 Å².